The monoisotopic (exact) mass is 441 g/mol. The summed E-state index contributed by atoms with van der Waals surface area (Å²) in [5.74, 6) is -5.68. The van der Waals surface area contributed by atoms with Gasteiger partial charge in [0, 0.05) is 29.6 Å². The molecule has 160 valence electrons. The van der Waals surface area contributed by atoms with Gasteiger partial charge in [-0.15, -0.1) is 0 Å². The lowest BCUT2D eigenvalue weighted by atomic mass is 10.1. The van der Waals surface area contributed by atoms with Crippen molar-refractivity contribution in [2.24, 2.45) is 0 Å². The van der Waals surface area contributed by atoms with Crippen LogP contribution >= 0.6 is 0 Å². The predicted molar refractivity (Wildman–Crippen MR) is 107 cm³/mol. The molecule has 0 aliphatic rings. The molecule has 0 spiro atoms. The van der Waals surface area contributed by atoms with Crippen LogP contribution in [0.25, 0.3) is 27.8 Å². The van der Waals surface area contributed by atoms with E-state index in [1.54, 1.807) is 12.1 Å². The van der Waals surface area contributed by atoms with Crippen LogP contribution in [0.5, 0.6) is 0 Å². The Morgan fingerprint density at radius 3 is 2.41 bits per heavy atom. The summed E-state index contributed by atoms with van der Waals surface area (Å²) in [5.41, 5.74) is 1.82. The Bertz CT molecular complexity index is 1470. The minimum Gasteiger partial charge on any atom is -0.379 e. The molecule has 0 radical (unpaired) electrons. The van der Waals surface area contributed by atoms with Gasteiger partial charge in [0.1, 0.15) is 11.6 Å². The molecule has 0 saturated heterocycles. The van der Waals surface area contributed by atoms with Crippen LogP contribution in [0.4, 0.5) is 27.6 Å². The number of benzene rings is 2. The highest BCUT2D eigenvalue weighted by Gasteiger charge is 2.15. The fraction of sp³-hybridized carbons (Fsp3) is 0.0455. The van der Waals surface area contributed by atoms with E-state index >= 15 is 0 Å². The molecule has 10 heteroatoms. The van der Waals surface area contributed by atoms with Crippen molar-refractivity contribution >= 4 is 22.2 Å². The summed E-state index contributed by atoms with van der Waals surface area (Å²) in [5, 5.41) is 7.53. The Hall–Kier alpha value is -4.08. The molecule has 32 heavy (non-hydrogen) atoms. The van der Waals surface area contributed by atoms with Gasteiger partial charge in [-0.3, -0.25) is 4.98 Å². The first kappa shape index (κ1) is 19.9. The SMILES string of the molecule is Fc1cc(F)c2c(NCc3cnc4ccc(-c5cc(F)c(F)c(F)c5)nn34)ccnc2c1. The summed E-state index contributed by atoms with van der Waals surface area (Å²) < 4.78 is 69.8. The van der Waals surface area contributed by atoms with E-state index in [4.69, 9.17) is 0 Å². The van der Waals surface area contributed by atoms with E-state index in [1.807, 2.05) is 0 Å². The van der Waals surface area contributed by atoms with Crippen molar-refractivity contribution in [3.05, 3.63) is 89.6 Å². The van der Waals surface area contributed by atoms with Crippen molar-refractivity contribution in [3.8, 4) is 11.3 Å². The Balaban J connectivity index is 1.50. The van der Waals surface area contributed by atoms with Crippen molar-refractivity contribution in [2.75, 3.05) is 5.32 Å². The van der Waals surface area contributed by atoms with Gasteiger partial charge in [0.2, 0.25) is 0 Å². The Morgan fingerprint density at radius 2 is 1.62 bits per heavy atom. The highest BCUT2D eigenvalue weighted by atomic mass is 19.2. The summed E-state index contributed by atoms with van der Waals surface area (Å²) in [6, 6.07) is 8.26. The molecule has 3 heterocycles. The number of anilines is 1. The first-order valence-corrected chi connectivity index (χ1v) is 9.37. The molecule has 0 saturated carbocycles. The van der Waals surface area contributed by atoms with Gasteiger partial charge >= 0.3 is 0 Å². The second-order valence-electron chi connectivity index (χ2n) is 6.99. The average Bonchev–Trinajstić information content (AvgIpc) is 3.17. The molecule has 1 N–H and O–H groups in total. The van der Waals surface area contributed by atoms with E-state index in [2.05, 4.69) is 20.4 Å². The maximum Gasteiger partial charge on any atom is 0.194 e. The van der Waals surface area contributed by atoms with E-state index in [0.717, 1.165) is 24.3 Å². The average molecular weight is 441 g/mol. The molecule has 0 unspecified atom stereocenters. The van der Waals surface area contributed by atoms with Crippen LogP contribution in [0.15, 0.2) is 54.9 Å². The zero-order valence-electron chi connectivity index (χ0n) is 16.1. The molecule has 5 aromatic rings. The summed E-state index contributed by atoms with van der Waals surface area (Å²) in [6.45, 7) is 0.152. The second kappa shape index (κ2) is 7.56. The van der Waals surface area contributed by atoms with Gasteiger partial charge in [-0.25, -0.2) is 31.5 Å². The number of hydrogen-bond acceptors (Lipinski definition) is 4. The topological polar surface area (TPSA) is 55.1 Å². The third-order valence-electron chi connectivity index (χ3n) is 4.93. The fourth-order valence-corrected chi connectivity index (χ4v) is 3.44. The van der Waals surface area contributed by atoms with Gasteiger partial charge < -0.3 is 5.32 Å². The van der Waals surface area contributed by atoms with Crippen LogP contribution in [0.1, 0.15) is 5.69 Å². The number of hydrogen-bond donors (Lipinski definition) is 1. The standard InChI is InChI=1S/C22H12F5N5/c23-12-7-14(24)21-18(3-4-28-19(21)8-12)29-9-13-10-30-20-2-1-17(31-32(13)20)11-5-15(25)22(27)16(26)6-11/h1-8,10H,9H2,(H,28,29). The highest BCUT2D eigenvalue weighted by molar-refractivity contribution is 5.91. The lowest BCUT2D eigenvalue weighted by molar-refractivity contribution is 0.447. The third kappa shape index (κ3) is 3.39. The summed E-state index contributed by atoms with van der Waals surface area (Å²) in [7, 11) is 0. The minimum absolute atomic E-state index is 0.0557. The zero-order chi connectivity index (χ0) is 22.4. The van der Waals surface area contributed by atoms with Crippen molar-refractivity contribution in [1.29, 1.82) is 0 Å². The van der Waals surface area contributed by atoms with Gasteiger partial charge in [0.15, 0.2) is 23.1 Å². The molecular formula is C22H12F5N5. The smallest absolute Gasteiger partial charge is 0.194 e. The lowest BCUT2D eigenvalue weighted by Gasteiger charge is -2.10. The molecule has 5 nitrogen and oxygen atoms in total. The normalized spacial score (nSPS) is 11.4. The number of halogens is 5. The number of nitrogens with one attached hydrogen (secondary N) is 1. The Kier molecular flexibility index (Phi) is 4.69. The molecule has 0 amide bonds. The van der Waals surface area contributed by atoms with Crippen LogP contribution in [0.3, 0.4) is 0 Å². The number of imidazole rings is 1. The largest absolute Gasteiger partial charge is 0.379 e. The molecular weight excluding hydrogens is 429 g/mol. The van der Waals surface area contributed by atoms with Crippen LogP contribution in [0.2, 0.25) is 0 Å². The number of pyridine rings is 1. The van der Waals surface area contributed by atoms with Gasteiger partial charge in [-0.2, -0.15) is 5.10 Å². The van der Waals surface area contributed by atoms with Crippen LogP contribution in [-0.4, -0.2) is 19.6 Å². The quantitative estimate of drug-likeness (QED) is 0.306. The second-order valence-corrected chi connectivity index (χ2v) is 6.99. The zero-order valence-corrected chi connectivity index (χ0v) is 16.1. The van der Waals surface area contributed by atoms with Crippen LogP contribution in [-0.2, 0) is 6.54 Å². The Morgan fingerprint density at radius 1 is 0.844 bits per heavy atom. The summed E-state index contributed by atoms with van der Waals surface area (Å²) in [6.07, 6.45) is 2.95. The van der Waals surface area contributed by atoms with E-state index in [0.29, 0.717) is 17.0 Å². The van der Waals surface area contributed by atoms with E-state index < -0.39 is 29.1 Å². The predicted octanol–water partition coefficient (Wildman–Crippen LogP) is 5.25. The Labute approximate surface area is 177 Å². The van der Waals surface area contributed by atoms with Gasteiger partial charge in [-0.05, 0) is 30.3 Å². The fourth-order valence-electron chi connectivity index (χ4n) is 3.44. The highest BCUT2D eigenvalue weighted by Crippen LogP contribution is 2.27. The molecule has 2 aromatic carbocycles. The van der Waals surface area contributed by atoms with Crippen molar-refractivity contribution in [3.63, 3.8) is 0 Å². The molecule has 0 aliphatic heterocycles. The molecule has 0 bridgehead atoms. The van der Waals surface area contributed by atoms with Gasteiger partial charge in [-0.1, -0.05) is 0 Å². The summed E-state index contributed by atoms with van der Waals surface area (Å²) >= 11 is 0. The van der Waals surface area contributed by atoms with Crippen LogP contribution < -0.4 is 5.32 Å². The molecule has 3 aromatic heterocycles. The van der Waals surface area contributed by atoms with Crippen molar-refractivity contribution in [2.45, 2.75) is 6.54 Å². The van der Waals surface area contributed by atoms with Crippen molar-refractivity contribution in [1.82, 2.24) is 19.6 Å². The minimum atomic E-state index is -1.56. The van der Waals surface area contributed by atoms with E-state index in [1.165, 1.54) is 23.0 Å². The summed E-state index contributed by atoms with van der Waals surface area (Å²) in [4.78, 5) is 8.21. The number of nitrogens with zero attached hydrogens (tertiary/aromatic N) is 4. The first-order chi connectivity index (χ1) is 15.4. The van der Waals surface area contributed by atoms with Gasteiger partial charge in [0.25, 0.3) is 0 Å². The van der Waals surface area contributed by atoms with Crippen molar-refractivity contribution < 1.29 is 22.0 Å². The number of fused-ring (bicyclic) bond motifs is 2. The molecule has 5 rings (SSSR count). The first-order valence-electron chi connectivity index (χ1n) is 9.37. The molecule has 0 fully saturated rings. The van der Waals surface area contributed by atoms with E-state index in [-0.39, 0.29) is 28.7 Å². The third-order valence-corrected chi connectivity index (χ3v) is 4.93. The maximum atomic E-state index is 14.3. The maximum absolute atomic E-state index is 14.3. The molecule has 0 aliphatic carbocycles. The molecule has 0 atom stereocenters. The number of aromatic nitrogens is 4. The van der Waals surface area contributed by atoms with E-state index in [9.17, 15) is 22.0 Å². The number of rotatable bonds is 4. The van der Waals surface area contributed by atoms with Gasteiger partial charge in [0.05, 0.1) is 35.0 Å². The lowest BCUT2D eigenvalue weighted by Crippen LogP contribution is -2.06. The van der Waals surface area contributed by atoms with Crippen LogP contribution in [0, 0.1) is 29.1 Å².